The number of nitrogens with one attached hydrogen (secondary N) is 1. The lowest BCUT2D eigenvalue weighted by Gasteiger charge is -2.40. The van der Waals surface area contributed by atoms with E-state index in [1.807, 2.05) is 0 Å². The van der Waals surface area contributed by atoms with Crippen molar-refractivity contribution in [1.82, 2.24) is 9.97 Å². The summed E-state index contributed by atoms with van der Waals surface area (Å²) < 4.78 is 25.0. The van der Waals surface area contributed by atoms with Crippen molar-refractivity contribution in [2.75, 3.05) is 25.6 Å². The third-order valence-electron chi connectivity index (χ3n) is 4.74. The number of hydrogen-bond donors (Lipinski definition) is 1. The Kier molecular flexibility index (Phi) is 5.08. The van der Waals surface area contributed by atoms with Gasteiger partial charge in [0, 0.05) is 30.5 Å². The minimum Gasteiger partial charge on any atom is -0.494 e. The zero-order valence-electron chi connectivity index (χ0n) is 15.3. The molecule has 3 rings (SSSR count). The Hall–Kier alpha value is -1.95. The quantitative estimate of drug-likeness (QED) is 0.905. The van der Waals surface area contributed by atoms with Gasteiger partial charge in [0.25, 0.3) is 0 Å². The molecule has 1 aromatic carbocycles. The first-order valence-corrected chi connectivity index (χ1v) is 8.74. The van der Waals surface area contributed by atoms with Gasteiger partial charge in [0.05, 0.1) is 18.7 Å². The Labute approximate surface area is 148 Å². The van der Waals surface area contributed by atoms with Gasteiger partial charge in [0.1, 0.15) is 12.1 Å². The molecule has 6 heteroatoms. The molecule has 1 saturated heterocycles. The summed E-state index contributed by atoms with van der Waals surface area (Å²) in [5, 5.41) is 4.18. The number of nitrogens with zero attached hydrogens (tertiary/aromatic N) is 2. The van der Waals surface area contributed by atoms with Crippen molar-refractivity contribution in [1.29, 1.82) is 0 Å². The summed E-state index contributed by atoms with van der Waals surface area (Å²) in [6.07, 6.45) is 3.85. The van der Waals surface area contributed by atoms with Crippen LogP contribution in [-0.4, -0.2) is 36.3 Å². The van der Waals surface area contributed by atoms with Crippen LogP contribution in [0.15, 0.2) is 18.5 Å². The van der Waals surface area contributed by atoms with Gasteiger partial charge in [0.15, 0.2) is 11.6 Å². The molecule has 2 unspecified atom stereocenters. The molecule has 0 radical (unpaired) electrons. The van der Waals surface area contributed by atoms with Crippen molar-refractivity contribution in [3.63, 3.8) is 0 Å². The molecule has 0 bridgehead atoms. The second-order valence-corrected chi connectivity index (χ2v) is 7.67. The molecule has 5 nitrogen and oxygen atoms in total. The second-order valence-electron chi connectivity index (χ2n) is 7.67. The van der Waals surface area contributed by atoms with Crippen molar-refractivity contribution in [3.05, 3.63) is 24.3 Å². The van der Waals surface area contributed by atoms with E-state index < -0.39 is 5.82 Å². The lowest BCUT2D eigenvalue weighted by Crippen LogP contribution is -2.42. The number of fused-ring (bicyclic) bond motifs is 1. The zero-order chi connectivity index (χ0) is 18.0. The van der Waals surface area contributed by atoms with E-state index in [4.69, 9.17) is 9.47 Å². The maximum atomic E-state index is 13.9. The largest absolute Gasteiger partial charge is 0.494 e. The van der Waals surface area contributed by atoms with Crippen LogP contribution in [0.2, 0.25) is 0 Å². The Bertz CT molecular complexity index is 745. The second kappa shape index (κ2) is 7.12. The lowest BCUT2D eigenvalue weighted by atomic mass is 9.78. The van der Waals surface area contributed by atoms with E-state index in [1.165, 1.54) is 19.5 Å². The zero-order valence-corrected chi connectivity index (χ0v) is 15.3. The summed E-state index contributed by atoms with van der Waals surface area (Å²) >= 11 is 0. The maximum Gasteiger partial charge on any atom is 0.167 e. The van der Waals surface area contributed by atoms with Crippen LogP contribution in [0, 0.1) is 17.2 Å². The number of aromatic nitrogens is 2. The Morgan fingerprint density at radius 2 is 2.12 bits per heavy atom. The highest BCUT2D eigenvalue weighted by atomic mass is 19.1. The first-order chi connectivity index (χ1) is 11.9. The van der Waals surface area contributed by atoms with Crippen molar-refractivity contribution in [3.8, 4) is 5.75 Å². The molecule has 2 aromatic rings. The summed E-state index contributed by atoms with van der Waals surface area (Å²) in [5.41, 5.74) is 0.649. The highest BCUT2D eigenvalue weighted by molar-refractivity contribution is 5.90. The van der Waals surface area contributed by atoms with Gasteiger partial charge in [0.2, 0.25) is 0 Å². The molecule has 1 aliphatic rings. The highest BCUT2D eigenvalue weighted by Gasteiger charge is 2.35. The van der Waals surface area contributed by atoms with Crippen LogP contribution in [-0.2, 0) is 4.74 Å². The van der Waals surface area contributed by atoms with Crippen molar-refractivity contribution in [2.24, 2.45) is 11.3 Å². The number of rotatable bonds is 4. The van der Waals surface area contributed by atoms with Gasteiger partial charge >= 0.3 is 0 Å². The first-order valence-electron chi connectivity index (χ1n) is 8.74. The monoisotopic (exact) mass is 347 g/mol. The van der Waals surface area contributed by atoms with Crippen LogP contribution in [0.1, 0.15) is 33.6 Å². The Balaban J connectivity index is 1.83. The summed E-state index contributed by atoms with van der Waals surface area (Å²) in [6.45, 7) is 8.22. The van der Waals surface area contributed by atoms with Gasteiger partial charge in [-0.1, -0.05) is 20.8 Å². The fourth-order valence-electron chi connectivity index (χ4n) is 3.59. The van der Waals surface area contributed by atoms with E-state index in [0.717, 1.165) is 31.4 Å². The van der Waals surface area contributed by atoms with Crippen LogP contribution >= 0.6 is 0 Å². The maximum absolute atomic E-state index is 13.9. The van der Waals surface area contributed by atoms with Crippen LogP contribution < -0.4 is 10.1 Å². The molecule has 0 saturated carbocycles. The fourth-order valence-corrected chi connectivity index (χ4v) is 3.59. The standard InChI is InChI=1S/C19H26FN3O2/c1-19(2,3)17-12(6-5-7-25-17)10-21-18-13-8-16(24-4)14(20)9-15(13)22-11-23-18/h8-9,11-12,17H,5-7,10H2,1-4H3,(H,21,22,23). The van der Waals surface area contributed by atoms with Crippen LogP contribution in [0.4, 0.5) is 10.2 Å². The third-order valence-corrected chi connectivity index (χ3v) is 4.74. The van der Waals surface area contributed by atoms with Crippen molar-refractivity contribution < 1.29 is 13.9 Å². The molecule has 1 N–H and O–H groups in total. The van der Waals surface area contributed by atoms with Gasteiger partial charge in [-0.25, -0.2) is 14.4 Å². The summed E-state index contributed by atoms with van der Waals surface area (Å²) in [6, 6.07) is 3.02. The number of hydrogen-bond acceptors (Lipinski definition) is 5. The van der Waals surface area contributed by atoms with Gasteiger partial charge in [-0.15, -0.1) is 0 Å². The Morgan fingerprint density at radius 3 is 2.84 bits per heavy atom. The van der Waals surface area contributed by atoms with E-state index in [0.29, 0.717) is 17.3 Å². The van der Waals surface area contributed by atoms with E-state index in [9.17, 15) is 4.39 Å². The molecule has 0 aliphatic carbocycles. The molecule has 136 valence electrons. The van der Waals surface area contributed by atoms with Gasteiger partial charge in [-0.2, -0.15) is 0 Å². The summed E-state index contributed by atoms with van der Waals surface area (Å²) in [7, 11) is 1.45. The molecule has 0 spiro atoms. The molecular formula is C19H26FN3O2. The number of benzene rings is 1. The molecule has 2 atom stereocenters. The van der Waals surface area contributed by atoms with E-state index in [1.54, 1.807) is 6.07 Å². The smallest absolute Gasteiger partial charge is 0.167 e. The molecule has 1 aromatic heterocycles. The number of methoxy groups -OCH3 is 1. The van der Waals surface area contributed by atoms with Gasteiger partial charge < -0.3 is 14.8 Å². The average molecular weight is 347 g/mol. The van der Waals surface area contributed by atoms with E-state index in [-0.39, 0.29) is 17.3 Å². The average Bonchev–Trinajstić information content (AvgIpc) is 2.58. The molecule has 1 fully saturated rings. The van der Waals surface area contributed by atoms with Crippen molar-refractivity contribution in [2.45, 2.75) is 39.7 Å². The van der Waals surface area contributed by atoms with Crippen LogP contribution in [0.25, 0.3) is 10.9 Å². The molecule has 2 heterocycles. The van der Waals surface area contributed by atoms with Crippen molar-refractivity contribution >= 4 is 16.7 Å². The first kappa shape index (κ1) is 17.9. The lowest BCUT2D eigenvalue weighted by molar-refractivity contribution is -0.0814. The predicted molar refractivity (Wildman–Crippen MR) is 96.5 cm³/mol. The molecule has 0 amide bonds. The van der Waals surface area contributed by atoms with Gasteiger partial charge in [-0.3, -0.25) is 0 Å². The number of ether oxygens (including phenoxy) is 2. The minimum atomic E-state index is -0.423. The highest BCUT2D eigenvalue weighted by Crippen LogP contribution is 2.34. The van der Waals surface area contributed by atoms with E-state index in [2.05, 4.69) is 36.1 Å². The Morgan fingerprint density at radius 1 is 1.32 bits per heavy atom. The normalized spacial score (nSPS) is 21.3. The summed E-state index contributed by atoms with van der Waals surface area (Å²) in [5.74, 6) is 0.870. The molecule has 1 aliphatic heterocycles. The third kappa shape index (κ3) is 3.84. The number of anilines is 1. The number of halogens is 1. The molecular weight excluding hydrogens is 321 g/mol. The fraction of sp³-hybridized carbons (Fsp3) is 0.579. The minimum absolute atomic E-state index is 0.0901. The molecule has 25 heavy (non-hydrogen) atoms. The summed E-state index contributed by atoms with van der Waals surface area (Å²) in [4.78, 5) is 8.50. The van der Waals surface area contributed by atoms with E-state index >= 15 is 0 Å². The van der Waals surface area contributed by atoms with Crippen LogP contribution in [0.5, 0.6) is 5.75 Å². The predicted octanol–water partition coefficient (Wildman–Crippen LogP) is 4.03. The topological polar surface area (TPSA) is 56.3 Å². The van der Waals surface area contributed by atoms with Gasteiger partial charge in [-0.05, 0) is 24.3 Å². The van der Waals surface area contributed by atoms with Crippen LogP contribution in [0.3, 0.4) is 0 Å². The SMILES string of the molecule is COc1cc2c(NCC3CCCOC3C(C)(C)C)ncnc2cc1F.